The minimum absolute atomic E-state index is 0. The van der Waals surface area contributed by atoms with Gasteiger partial charge in [0.05, 0.1) is 4.90 Å². The molecule has 126 valence electrons. The maximum absolute atomic E-state index is 13.8. The first-order valence-electron chi connectivity index (χ1n) is 6.38. The molecule has 0 radical (unpaired) electrons. The molecule has 0 aromatic heterocycles. The molecule has 2 N–H and O–H groups in total. The van der Waals surface area contributed by atoms with Crippen molar-refractivity contribution in [3.63, 3.8) is 0 Å². The van der Waals surface area contributed by atoms with Crippen molar-refractivity contribution < 1.29 is 21.2 Å². The van der Waals surface area contributed by atoms with Gasteiger partial charge in [0, 0.05) is 25.4 Å². The molecule has 0 bridgehead atoms. The number of benzene rings is 1. The van der Waals surface area contributed by atoms with Gasteiger partial charge in [0.15, 0.2) is 9.84 Å². The number of sulfone groups is 1. The van der Waals surface area contributed by atoms with Gasteiger partial charge in [-0.05, 0) is 31.0 Å². The zero-order valence-corrected chi connectivity index (χ0v) is 14.3. The minimum atomic E-state index is -3.86. The maximum Gasteiger partial charge on any atom is 0.243 e. The van der Waals surface area contributed by atoms with Gasteiger partial charge in [-0.1, -0.05) is 0 Å². The van der Waals surface area contributed by atoms with E-state index in [0.29, 0.717) is 13.0 Å². The fourth-order valence-corrected chi connectivity index (χ4v) is 4.56. The van der Waals surface area contributed by atoms with Gasteiger partial charge in [0.2, 0.25) is 10.0 Å². The molecule has 6 nitrogen and oxygen atoms in total. The van der Waals surface area contributed by atoms with Gasteiger partial charge in [-0.2, -0.15) is 4.31 Å². The maximum atomic E-state index is 13.8. The molecule has 0 amide bonds. The lowest BCUT2D eigenvalue weighted by Crippen LogP contribution is -2.45. The van der Waals surface area contributed by atoms with Crippen molar-refractivity contribution in [3.8, 4) is 0 Å². The molecule has 1 atom stereocenters. The van der Waals surface area contributed by atoms with Crippen molar-refractivity contribution in [2.75, 3.05) is 19.3 Å². The van der Waals surface area contributed by atoms with Gasteiger partial charge >= 0.3 is 0 Å². The number of nitrogens with two attached hydrogens (primary N) is 1. The average molecular weight is 373 g/mol. The second kappa shape index (κ2) is 6.79. The van der Waals surface area contributed by atoms with E-state index in [1.165, 1.54) is 4.31 Å². The second-order valence-corrected chi connectivity index (χ2v) is 9.05. The standard InChI is InChI=1S/C12H17FN2O4S2.ClH/c1-20(16,17)12-5-4-10(7-11(12)13)21(18,19)15-6-2-3-9(14)8-15;/h4-5,7,9H,2-3,6,8,14H2,1H3;1H. The van der Waals surface area contributed by atoms with Crippen LogP contribution < -0.4 is 5.73 Å². The van der Waals surface area contributed by atoms with Crippen LogP contribution in [0.1, 0.15) is 12.8 Å². The lowest BCUT2D eigenvalue weighted by atomic mass is 10.1. The molecule has 10 heteroatoms. The Morgan fingerprint density at radius 3 is 2.41 bits per heavy atom. The summed E-state index contributed by atoms with van der Waals surface area (Å²) in [6.45, 7) is 0.503. The van der Waals surface area contributed by atoms with E-state index in [2.05, 4.69) is 0 Å². The van der Waals surface area contributed by atoms with Crippen LogP contribution in [0.3, 0.4) is 0 Å². The fraction of sp³-hybridized carbons (Fsp3) is 0.500. The third kappa shape index (κ3) is 3.96. The van der Waals surface area contributed by atoms with Crippen molar-refractivity contribution >= 4 is 32.3 Å². The number of rotatable bonds is 3. The van der Waals surface area contributed by atoms with Crippen LogP contribution in [0.4, 0.5) is 4.39 Å². The van der Waals surface area contributed by atoms with Crippen molar-refractivity contribution in [2.45, 2.75) is 28.7 Å². The minimum Gasteiger partial charge on any atom is -0.327 e. The van der Waals surface area contributed by atoms with Gasteiger partial charge in [0.25, 0.3) is 0 Å². The molecule has 1 aromatic rings. The summed E-state index contributed by atoms with van der Waals surface area (Å²) >= 11 is 0. The van der Waals surface area contributed by atoms with Gasteiger partial charge in [-0.25, -0.2) is 21.2 Å². The van der Waals surface area contributed by atoms with Gasteiger partial charge in [-0.3, -0.25) is 0 Å². The Hall–Kier alpha value is -0.740. The summed E-state index contributed by atoms with van der Waals surface area (Å²) in [5.41, 5.74) is 5.75. The Balaban J connectivity index is 0.00000242. The largest absolute Gasteiger partial charge is 0.327 e. The smallest absolute Gasteiger partial charge is 0.243 e. The molecule has 0 aliphatic carbocycles. The van der Waals surface area contributed by atoms with Crippen molar-refractivity contribution in [2.24, 2.45) is 5.73 Å². The highest BCUT2D eigenvalue weighted by Gasteiger charge is 2.30. The van der Waals surface area contributed by atoms with E-state index < -0.39 is 30.6 Å². The summed E-state index contributed by atoms with van der Waals surface area (Å²) in [6.07, 6.45) is 2.25. The molecule has 0 spiro atoms. The number of sulfonamides is 1. The molecule has 1 heterocycles. The summed E-state index contributed by atoms with van der Waals surface area (Å²) in [7, 11) is -7.59. The number of piperidine rings is 1. The van der Waals surface area contributed by atoms with Crippen LogP contribution in [0, 0.1) is 5.82 Å². The molecule has 1 aromatic carbocycles. The molecule has 1 fully saturated rings. The molecule has 1 aliphatic heterocycles. The van der Waals surface area contributed by atoms with Crippen LogP contribution in [0.25, 0.3) is 0 Å². The van der Waals surface area contributed by atoms with Crippen LogP contribution in [0.2, 0.25) is 0 Å². The molecular formula is C12H18ClFN2O4S2. The predicted octanol–water partition coefficient (Wildman–Crippen LogP) is 0.763. The molecule has 1 aliphatic rings. The zero-order chi connectivity index (χ0) is 15.8. The van der Waals surface area contributed by atoms with E-state index in [-0.39, 0.29) is 29.9 Å². The third-order valence-electron chi connectivity index (χ3n) is 3.36. The Morgan fingerprint density at radius 2 is 1.91 bits per heavy atom. The Morgan fingerprint density at radius 1 is 1.27 bits per heavy atom. The third-order valence-corrected chi connectivity index (χ3v) is 6.35. The van der Waals surface area contributed by atoms with Gasteiger partial charge in [0.1, 0.15) is 10.7 Å². The number of hydrogen-bond acceptors (Lipinski definition) is 5. The Kier molecular flexibility index (Phi) is 5.96. The summed E-state index contributed by atoms with van der Waals surface area (Å²) in [4.78, 5) is -0.779. The van der Waals surface area contributed by atoms with Crippen molar-refractivity contribution in [1.29, 1.82) is 0 Å². The number of nitrogens with zero attached hydrogens (tertiary/aromatic N) is 1. The molecular weight excluding hydrogens is 355 g/mol. The quantitative estimate of drug-likeness (QED) is 0.844. The highest BCUT2D eigenvalue weighted by atomic mass is 35.5. The topological polar surface area (TPSA) is 97.5 Å². The van der Waals surface area contributed by atoms with Crippen LogP contribution in [0.15, 0.2) is 28.0 Å². The van der Waals surface area contributed by atoms with E-state index in [1.807, 2.05) is 0 Å². The normalized spacial score (nSPS) is 20.4. The summed E-state index contributed by atoms with van der Waals surface area (Å²) < 4.78 is 62.5. The molecule has 1 saturated heterocycles. The molecule has 2 rings (SSSR count). The SMILES string of the molecule is CS(=O)(=O)c1ccc(S(=O)(=O)N2CCCC(N)C2)cc1F.Cl. The van der Waals surface area contributed by atoms with Crippen LogP contribution in [0.5, 0.6) is 0 Å². The van der Waals surface area contributed by atoms with Gasteiger partial charge in [-0.15, -0.1) is 12.4 Å². The fourth-order valence-electron chi connectivity index (χ4n) is 2.28. The molecule has 1 unspecified atom stereocenters. The second-order valence-electron chi connectivity index (χ2n) is 5.13. The summed E-state index contributed by atoms with van der Waals surface area (Å²) in [5.74, 6) is -1.07. The van der Waals surface area contributed by atoms with E-state index >= 15 is 0 Å². The lowest BCUT2D eigenvalue weighted by molar-refractivity contribution is 0.316. The van der Waals surface area contributed by atoms with E-state index in [0.717, 1.165) is 30.9 Å². The lowest BCUT2D eigenvalue weighted by Gasteiger charge is -2.29. The van der Waals surface area contributed by atoms with Gasteiger partial charge < -0.3 is 5.73 Å². The van der Waals surface area contributed by atoms with E-state index in [1.54, 1.807) is 0 Å². The molecule has 0 saturated carbocycles. The van der Waals surface area contributed by atoms with Crippen molar-refractivity contribution in [3.05, 3.63) is 24.0 Å². The number of halogens is 2. The first kappa shape index (κ1) is 19.3. The summed E-state index contributed by atoms with van der Waals surface area (Å²) in [5, 5.41) is 0. The molecule has 22 heavy (non-hydrogen) atoms. The number of hydrogen-bond donors (Lipinski definition) is 1. The monoisotopic (exact) mass is 372 g/mol. The van der Waals surface area contributed by atoms with Crippen molar-refractivity contribution in [1.82, 2.24) is 4.31 Å². The first-order chi connectivity index (χ1) is 9.62. The zero-order valence-electron chi connectivity index (χ0n) is 11.9. The average Bonchev–Trinajstić information content (AvgIpc) is 2.37. The predicted molar refractivity (Wildman–Crippen MR) is 82.7 cm³/mol. The highest BCUT2D eigenvalue weighted by molar-refractivity contribution is 7.90. The Bertz CT molecular complexity index is 752. The first-order valence-corrected chi connectivity index (χ1v) is 9.71. The van der Waals surface area contributed by atoms with E-state index in [4.69, 9.17) is 5.73 Å². The van der Waals surface area contributed by atoms with Crippen LogP contribution in [-0.2, 0) is 19.9 Å². The van der Waals surface area contributed by atoms with Crippen LogP contribution in [-0.4, -0.2) is 46.5 Å². The Labute approximate surface area is 135 Å². The van der Waals surface area contributed by atoms with Crippen LogP contribution >= 0.6 is 12.4 Å². The summed E-state index contributed by atoms with van der Waals surface area (Å²) in [6, 6.07) is 2.58. The van der Waals surface area contributed by atoms with E-state index in [9.17, 15) is 21.2 Å². The highest BCUT2D eigenvalue weighted by Crippen LogP contribution is 2.23.